The molecule has 43 heavy (non-hydrogen) atoms. The number of nitrogens with zero attached hydrogens (tertiary/aromatic N) is 3. The summed E-state index contributed by atoms with van der Waals surface area (Å²) in [5, 5.41) is 12.9. The molecule has 1 aromatic heterocycles. The zero-order valence-electron chi connectivity index (χ0n) is 24.7. The first kappa shape index (κ1) is 29.8. The van der Waals surface area contributed by atoms with Crippen LogP contribution in [0.2, 0.25) is 0 Å². The maximum Gasteiger partial charge on any atom is 0.326 e. The molecule has 0 saturated carbocycles. The van der Waals surface area contributed by atoms with Crippen LogP contribution >= 0.6 is 0 Å². The Morgan fingerprint density at radius 2 is 1.74 bits per heavy atom. The second kappa shape index (κ2) is 12.7. The maximum atomic E-state index is 13.8. The monoisotopic (exact) mass is 583 g/mol. The summed E-state index contributed by atoms with van der Waals surface area (Å²) in [4.78, 5) is 46.2. The Morgan fingerprint density at radius 1 is 1.07 bits per heavy atom. The van der Waals surface area contributed by atoms with E-state index in [2.05, 4.69) is 10.3 Å². The molecule has 3 aromatic carbocycles. The first-order valence-corrected chi connectivity index (χ1v) is 14.5. The first-order chi connectivity index (χ1) is 20.7. The van der Waals surface area contributed by atoms with Gasteiger partial charge < -0.3 is 30.4 Å². The lowest BCUT2D eigenvalue weighted by atomic mass is 9.91. The molecular weight excluding hydrogens is 546 g/mol. The van der Waals surface area contributed by atoms with Crippen molar-refractivity contribution < 1.29 is 24.2 Å². The van der Waals surface area contributed by atoms with Crippen LogP contribution in [0.15, 0.2) is 60.7 Å². The first-order valence-electron chi connectivity index (χ1n) is 14.5. The van der Waals surface area contributed by atoms with Crippen LogP contribution in [-0.2, 0) is 51.6 Å². The Morgan fingerprint density at radius 3 is 2.47 bits per heavy atom. The summed E-state index contributed by atoms with van der Waals surface area (Å²) in [5.41, 5.74) is 12.5. The molecule has 0 unspecified atom stereocenters. The largest absolute Gasteiger partial charge is 0.508 e. The zero-order valence-corrected chi connectivity index (χ0v) is 24.7. The smallest absolute Gasteiger partial charge is 0.326 e. The topological polar surface area (TPSA) is 140 Å². The van der Waals surface area contributed by atoms with Crippen LogP contribution < -0.4 is 11.1 Å². The third-order valence-electron chi connectivity index (χ3n) is 8.00. The van der Waals surface area contributed by atoms with Crippen LogP contribution in [-0.4, -0.2) is 56.0 Å². The second-order valence-corrected chi connectivity index (χ2v) is 10.9. The molecule has 2 heterocycles. The fourth-order valence-electron chi connectivity index (χ4n) is 5.86. The Bertz CT molecular complexity index is 1660. The standard InChI is InChI=1S/C33H37N5O5/c1-4-43-31(40)19-37-28-12-8-7-11-27(28)36-30(37)17-35-32(41)29-15-22-9-5-6-10-23(22)18-38(29)33(42)26(34)16-25-20(2)13-24(39)14-21(25)3/h5-14,26,29,39H,4,15-19,34H2,1-3H3,(H,35,41)/t26-,29-/m0/s1. The van der Waals surface area contributed by atoms with Crippen LogP contribution in [0.3, 0.4) is 0 Å². The molecule has 224 valence electrons. The summed E-state index contributed by atoms with van der Waals surface area (Å²) in [7, 11) is 0. The van der Waals surface area contributed by atoms with Crippen LogP contribution in [0.4, 0.5) is 0 Å². The Labute approximate surface area is 250 Å². The molecule has 0 bridgehead atoms. The number of imidazole rings is 1. The minimum Gasteiger partial charge on any atom is -0.508 e. The maximum absolute atomic E-state index is 13.8. The van der Waals surface area contributed by atoms with Gasteiger partial charge in [0.2, 0.25) is 11.8 Å². The average Bonchev–Trinajstić information content (AvgIpc) is 3.33. The SMILES string of the molecule is CCOC(=O)Cn1c(CNC(=O)[C@@H]2Cc3ccccc3CN2C(=O)[C@@H](N)Cc2c(C)cc(O)cc2C)nc2ccccc21. The summed E-state index contributed by atoms with van der Waals surface area (Å²) in [5.74, 6) is -0.379. The molecule has 0 aliphatic carbocycles. The summed E-state index contributed by atoms with van der Waals surface area (Å²) in [6, 6.07) is 16.9. The number of carbonyl (C=O) groups excluding carboxylic acids is 3. The van der Waals surface area contributed by atoms with Crippen molar-refractivity contribution in [3.8, 4) is 5.75 Å². The number of ether oxygens (including phenoxy) is 1. The number of phenolic OH excluding ortho intramolecular Hbond substituents is 1. The Kier molecular flexibility index (Phi) is 8.77. The molecule has 2 amide bonds. The molecular formula is C33H37N5O5. The van der Waals surface area contributed by atoms with E-state index in [-0.39, 0.29) is 50.2 Å². The highest BCUT2D eigenvalue weighted by atomic mass is 16.5. The highest BCUT2D eigenvalue weighted by Gasteiger charge is 2.37. The minimum atomic E-state index is -0.878. The van der Waals surface area contributed by atoms with E-state index in [1.165, 1.54) is 0 Å². The third kappa shape index (κ3) is 6.39. The number of esters is 1. The van der Waals surface area contributed by atoms with Crippen LogP contribution in [0.25, 0.3) is 11.0 Å². The predicted octanol–water partition coefficient (Wildman–Crippen LogP) is 3.06. The number of fused-ring (bicyclic) bond motifs is 2. The number of para-hydroxylation sites is 2. The van der Waals surface area contributed by atoms with Crippen molar-refractivity contribution in [1.82, 2.24) is 19.8 Å². The van der Waals surface area contributed by atoms with Crippen LogP contribution in [0, 0.1) is 13.8 Å². The summed E-state index contributed by atoms with van der Waals surface area (Å²) in [6.45, 7) is 6.05. The van der Waals surface area contributed by atoms with Gasteiger partial charge in [0.05, 0.1) is 30.2 Å². The van der Waals surface area contributed by atoms with E-state index < -0.39 is 18.1 Å². The average molecular weight is 584 g/mol. The second-order valence-electron chi connectivity index (χ2n) is 10.9. The van der Waals surface area contributed by atoms with E-state index >= 15 is 0 Å². The van der Waals surface area contributed by atoms with Gasteiger partial charge >= 0.3 is 5.97 Å². The van der Waals surface area contributed by atoms with Gasteiger partial charge in [0, 0.05) is 13.0 Å². The van der Waals surface area contributed by atoms with Crippen molar-refractivity contribution in [2.75, 3.05) is 6.61 Å². The summed E-state index contributed by atoms with van der Waals surface area (Å²) < 4.78 is 6.90. The lowest BCUT2D eigenvalue weighted by Gasteiger charge is -2.37. The molecule has 1 aliphatic rings. The fourth-order valence-corrected chi connectivity index (χ4v) is 5.86. The van der Waals surface area contributed by atoms with Crippen molar-refractivity contribution >= 4 is 28.8 Å². The van der Waals surface area contributed by atoms with E-state index in [9.17, 15) is 19.5 Å². The third-order valence-corrected chi connectivity index (χ3v) is 8.00. The molecule has 10 heteroatoms. The molecule has 10 nitrogen and oxygen atoms in total. The van der Waals surface area contributed by atoms with Gasteiger partial charge in [0.25, 0.3) is 0 Å². The van der Waals surface area contributed by atoms with E-state index in [4.69, 9.17) is 10.5 Å². The predicted molar refractivity (Wildman–Crippen MR) is 162 cm³/mol. The molecule has 0 saturated heterocycles. The van der Waals surface area contributed by atoms with E-state index in [0.29, 0.717) is 17.8 Å². The molecule has 4 N–H and O–H groups in total. The number of hydrogen-bond acceptors (Lipinski definition) is 7. The van der Waals surface area contributed by atoms with Crippen molar-refractivity contribution in [2.45, 2.75) is 65.3 Å². The van der Waals surface area contributed by atoms with E-state index in [1.807, 2.05) is 62.4 Å². The number of aromatic nitrogens is 2. The number of aromatic hydroxyl groups is 1. The van der Waals surface area contributed by atoms with Gasteiger partial charge in [-0.1, -0.05) is 36.4 Å². The van der Waals surface area contributed by atoms with Crippen molar-refractivity contribution in [3.63, 3.8) is 0 Å². The van der Waals surface area contributed by atoms with Crippen molar-refractivity contribution in [1.29, 1.82) is 0 Å². The fraction of sp³-hybridized carbons (Fsp3) is 0.333. The van der Waals surface area contributed by atoms with Gasteiger partial charge in [0.1, 0.15) is 24.2 Å². The van der Waals surface area contributed by atoms with Gasteiger partial charge in [-0.3, -0.25) is 14.4 Å². The number of nitrogens with one attached hydrogen (secondary N) is 1. The number of amides is 2. The molecule has 2 atom stereocenters. The number of carbonyl (C=O) groups is 3. The number of hydrogen-bond donors (Lipinski definition) is 3. The van der Waals surface area contributed by atoms with E-state index in [1.54, 1.807) is 28.5 Å². The highest BCUT2D eigenvalue weighted by molar-refractivity contribution is 5.91. The number of aryl methyl sites for hydroxylation is 2. The van der Waals surface area contributed by atoms with Gasteiger partial charge in [-0.2, -0.15) is 0 Å². The van der Waals surface area contributed by atoms with Gasteiger partial charge in [-0.15, -0.1) is 0 Å². The molecule has 1 aliphatic heterocycles. The number of benzene rings is 3. The molecule has 5 rings (SSSR count). The van der Waals surface area contributed by atoms with Gasteiger partial charge in [-0.05, 0) is 79.3 Å². The van der Waals surface area contributed by atoms with Gasteiger partial charge in [-0.25, -0.2) is 4.98 Å². The summed E-state index contributed by atoms with van der Waals surface area (Å²) >= 11 is 0. The number of rotatable bonds is 9. The molecule has 0 radical (unpaired) electrons. The van der Waals surface area contributed by atoms with Crippen LogP contribution in [0.5, 0.6) is 5.75 Å². The lowest BCUT2D eigenvalue weighted by molar-refractivity contribution is -0.144. The lowest BCUT2D eigenvalue weighted by Crippen LogP contribution is -2.56. The number of phenols is 1. The highest BCUT2D eigenvalue weighted by Crippen LogP contribution is 2.26. The minimum absolute atomic E-state index is 0.0358. The summed E-state index contributed by atoms with van der Waals surface area (Å²) in [6.07, 6.45) is 0.623. The van der Waals surface area contributed by atoms with Crippen molar-refractivity contribution in [2.24, 2.45) is 5.73 Å². The van der Waals surface area contributed by atoms with Gasteiger partial charge in [0.15, 0.2) is 0 Å². The number of nitrogens with two attached hydrogens (primary N) is 1. The Balaban J connectivity index is 1.38. The van der Waals surface area contributed by atoms with Crippen LogP contribution in [0.1, 0.15) is 40.6 Å². The molecule has 4 aromatic rings. The molecule has 0 spiro atoms. The zero-order chi connectivity index (χ0) is 30.7. The van der Waals surface area contributed by atoms with Crippen molar-refractivity contribution in [3.05, 3.63) is 94.3 Å². The Hall–Kier alpha value is -4.70. The normalized spacial score (nSPS) is 15.2. The molecule has 0 fully saturated rings. The van der Waals surface area contributed by atoms with E-state index in [0.717, 1.165) is 33.3 Å². The quantitative estimate of drug-likeness (QED) is 0.257.